The minimum Gasteiger partial charge on any atom is -0.497 e. The molecule has 1 aliphatic heterocycles. The molecule has 1 aliphatic rings. The number of fused-ring (bicyclic) bond motifs is 1. The molecule has 1 heterocycles. The zero-order valence-corrected chi connectivity index (χ0v) is 17.8. The van der Waals surface area contributed by atoms with E-state index in [-0.39, 0.29) is 12.1 Å². The SMILES string of the molecule is CCCC/C=C1/c2ccccc2NC(=O)N(Cc2ccc(OC)cc2)C1CCC. The number of amides is 2. The number of urea groups is 1. The van der Waals surface area contributed by atoms with Crippen LogP contribution >= 0.6 is 0 Å². The second kappa shape index (κ2) is 10.1. The Morgan fingerprint density at radius 2 is 1.83 bits per heavy atom. The number of methoxy groups -OCH3 is 1. The molecular weight excluding hydrogens is 360 g/mol. The highest BCUT2D eigenvalue weighted by atomic mass is 16.5. The number of para-hydroxylation sites is 1. The van der Waals surface area contributed by atoms with Gasteiger partial charge >= 0.3 is 6.03 Å². The molecule has 4 nitrogen and oxygen atoms in total. The van der Waals surface area contributed by atoms with Crippen molar-refractivity contribution >= 4 is 17.3 Å². The summed E-state index contributed by atoms with van der Waals surface area (Å²) in [5.74, 6) is 0.826. The number of anilines is 1. The van der Waals surface area contributed by atoms with E-state index in [1.807, 2.05) is 41.3 Å². The largest absolute Gasteiger partial charge is 0.497 e. The van der Waals surface area contributed by atoms with Crippen LogP contribution in [0.4, 0.5) is 10.5 Å². The van der Waals surface area contributed by atoms with Crippen molar-refractivity contribution in [3.05, 3.63) is 65.7 Å². The van der Waals surface area contributed by atoms with E-state index in [0.29, 0.717) is 6.54 Å². The van der Waals surface area contributed by atoms with Crippen LogP contribution in [0.1, 0.15) is 57.1 Å². The maximum atomic E-state index is 13.2. The van der Waals surface area contributed by atoms with Gasteiger partial charge in [-0.25, -0.2) is 4.79 Å². The van der Waals surface area contributed by atoms with E-state index in [9.17, 15) is 4.79 Å². The number of allylic oxidation sites excluding steroid dienone is 1. The molecule has 0 aliphatic carbocycles. The number of carbonyl (C=O) groups excluding carboxylic acids is 1. The summed E-state index contributed by atoms with van der Waals surface area (Å²) in [6.45, 7) is 4.97. The molecule has 0 radical (unpaired) electrons. The van der Waals surface area contributed by atoms with Gasteiger partial charge in [0, 0.05) is 17.8 Å². The van der Waals surface area contributed by atoms with Crippen molar-refractivity contribution in [3.8, 4) is 5.75 Å². The Balaban J connectivity index is 1.99. The van der Waals surface area contributed by atoms with Crippen LogP contribution in [-0.4, -0.2) is 24.1 Å². The van der Waals surface area contributed by atoms with Crippen LogP contribution in [-0.2, 0) is 6.54 Å². The average molecular weight is 393 g/mol. The van der Waals surface area contributed by atoms with Gasteiger partial charge in [0.05, 0.1) is 13.2 Å². The standard InChI is InChI=1S/C25H32N2O2/c1-4-6-7-12-22-21-11-8-9-13-23(21)26-25(28)27(24(22)10-5-2)18-19-14-16-20(29-3)17-15-19/h8-9,11-17,24H,4-7,10,18H2,1-3H3,(H,26,28)/b22-12-. The first-order chi connectivity index (χ1) is 14.2. The number of ether oxygens (including phenoxy) is 1. The summed E-state index contributed by atoms with van der Waals surface area (Å²) in [6, 6.07) is 16.2. The molecule has 0 fully saturated rings. The first-order valence-electron chi connectivity index (χ1n) is 10.7. The predicted octanol–water partition coefficient (Wildman–Crippen LogP) is 6.49. The van der Waals surface area contributed by atoms with Gasteiger partial charge in [0.1, 0.15) is 5.75 Å². The Hall–Kier alpha value is -2.75. The van der Waals surface area contributed by atoms with Gasteiger partial charge in [-0.05, 0) is 42.2 Å². The molecule has 1 atom stereocenters. The third-order valence-electron chi connectivity index (χ3n) is 5.47. The normalized spacial score (nSPS) is 17.6. The lowest BCUT2D eigenvalue weighted by Gasteiger charge is -2.31. The Bertz CT molecular complexity index is 842. The third kappa shape index (κ3) is 5.00. The summed E-state index contributed by atoms with van der Waals surface area (Å²) < 4.78 is 5.27. The average Bonchev–Trinajstić information content (AvgIpc) is 2.85. The summed E-state index contributed by atoms with van der Waals surface area (Å²) in [5.41, 5.74) is 4.41. The summed E-state index contributed by atoms with van der Waals surface area (Å²) >= 11 is 0. The molecule has 0 saturated heterocycles. The molecular formula is C25H32N2O2. The smallest absolute Gasteiger partial charge is 0.322 e. The van der Waals surface area contributed by atoms with Gasteiger partial charge < -0.3 is 15.0 Å². The van der Waals surface area contributed by atoms with Gasteiger partial charge in [-0.2, -0.15) is 0 Å². The van der Waals surface area contributed by atoms with Crippen molar-refractivity contribution in [3.63, 3.8) is 0 Å². The van der Waals surface area contributed by atoms with E-state index in [0.717, 1.165) is 54.7 Å². The molecule has 29 heavy (non-hydrogen) atoms. The molecule has 2 amide bonds. The van der Waals surface area contributed by atoms with Crippen LogP contribution in [0.25, 0.3) is 5.57 Å². The Labute approximate surface area is 174 Å². The molecule has 1 N–H and O–H groups in total. The quantitative estimate of drug-likeness (QED) is 0.522. The van der Waals surface area contributed by atoms with Crippen molar-refractivity contribution in [2.24, 2.45) is 0 Å². The predicted molar refractivity (Wildman–Crippen MR) is 120 cm³/mol. The monoisotopic (exact) mass is 392 g/mol. The Kier molecular flexibility index (Phi) is 7.34. The number of hydrogen-bond donors (Lipinski definition) is 1. The number of nitrogens with zero attached hydrogens (tertiary/aromatic N) is 1. The lowest BCUT2D eigenvalue weighted by atomic mass is 9.92. The van der Waals surface area contributed by atoms with Crippen LogP contribution in [0.3, 0.4) is 0 Å². The maximum absolute atomic E-state index is 13.2. The molecule has 2 aromatic rings. The fraction of sp³-hybridized carbons (Fsp3) is 0.400. The topological polar surface area (TPSA) is 41.6 Å². The van der Waals surface area contributed by atoms with E-state index in [2.05, 4.69) is 37.4 Å². The van der Waals surface area contributed by atoms with Gasteiger partial charge in [-0.15, -0.1) is 0 Å². The van der Waals surface area contributed by atoms with Crippen molar-refractivity contribution in [1.82, 2.24) is 4.90 Å². The maximum Gasteiger partial charge on any atom is 0.322 e. The molecule has 1 unspecified atom stereocenters. The van der Waals surface area contributed by atoms with Gasteiger partial charge in [0.15, 0.2) is 0 Å². The number of rotatable bonds is 8. The van der Waals surface area contributed by atoms with E-state index in [4.69, 9.17) is 4.74 Å². The first kappa shape index (κ1) is 21.0. The molecule has 4 heteroatoms. The number of hydrogen-bond acceptors (Lipinski definition) is 2. The molecule has 3 rings (SSSR count). The highest BCUT2D eigenvalue weighted by Crippen LogP contribution is 2.36. The molecule has 154 valence electrons. The number of carbonyl (C=O) groups is 1. The fourth-order valence-electron chi connectivity index (χ4n) is 3.92. The van der Waals surface area contributed by atoms with Crippen LogP contribution in [0, 0.1) is 0 Å². The van der Waals surface area contributed by atoms with Crippen molar-refractivity contribution in [2.45, 2.75) is 58.5 Å². The van der Waals surface area contributed by atoms with Crippen molar-refractivity contribution < 1.29 is 9.53 Å². The van der Waals surface area contributed by atoms with E-state index >= 15 is 0 Å². The van der Waals surface area contributed by atoms with E-state index in [1.165, 1.54) is 5.57 Å². The highest BCUT2D eigenvalue weighted by Gasteiger charge is 2.31. The summed E-state index contributed by atoms with van der Waals surface area (Å²) in [4.78, 5) is 15.2. The highest BCUT2D eigenvalue weighted by molar-refractivity contribution is 5.97. The molecule has 0 spiro atoms. The fourth-order valence-corrected chi connectivity index (χ4v) is 3.92. The zero-order chi connectivity index (χ0) is 20.6. The molecule has 0 saturated carbocycles. The van der Waals surface area contributed by atoms with Gasteiger partial charge in [0.2, 0.25) is 0 Å². The summed E-state index contributed by atoms with van der Waals surface area (Å²) in [5, 5.41) is 3.15. The second-order valence-electron chi connectivity index (χ2n) is 7.56. The Morgan fingerprint density at radius 3 is 2.52 bits per heavy atom. The van der Waals surface area contributed by atoms with Crippen LogP contribution in [0.15, 0.2) is 54.6 Å². The lowest BCUT2D eigenvalue weighted by molar-refractivity contribution is 0.196. The summed E-state index contributed by atoms with van der Waals surface area (Å²) in [7, 11) is 1.67. The van der Waals surface area contributed by atoms with Gasteiger partial charge in [-0.1, -0.05) is 69.5 Å². The molecule has 0 aromatic heterocycles. The number of benzene rings is 2. The zero-order valence-electron chi connectivity index (χ0n) is 17.8. The lowest BCUT2D eigenvalue weighted by Crippen LogP contribution is -2.41. The van der Waals surface area contributed by atoms with Crippen LogP contribution in [0.5, 0.6) is 5.75 Å². The van der Waals surface area contributed by atoms with Gasteiger partial charge in [0.25, 0.3) is 0 Å². The van der Waals surface area contributed by atoms with Crippen molar-refractivity contribution in [1.29, 1.82) is 0 Å². The van der Waals surface area contributed by atoms with Gasteiger partial charge in [-0.3, -0.25) is 0 Å². The third-order valence-corrected chi connectivity index (χ3v) is 5.47. The molecule has 0 bridgehead atoms. The van der Waals surface area contributed by atoms with Crippen molar-refractivity contribution in [2.75, 3.05) is 12.4 Å². The van der Waals surface area contributed by atoms with E-state index < -0.39 is 0 Å². The molecule has 2 aromatic carbocycles. The number of unbranched alkanes of at least 4 members (excludes halogenated alkanes) is 2. The Morgan fingerprint density at radius 1 is 1.07 bits per heavy atom. The second-order valence-corrected chi connectivity index (χ2v) is 7.56. The number of nitrogens with one attached hydrogen (secondary N) is 1. The summed E-state index contributed by atoms with van der Waals surface area (Å²) in [6.07, 6.45) is 7.66. The van der Waals surface area contributed by atoms with Crippen LogP contribution in [0.2, 0.25) is 0 Å². The minimum absolute atomic E-state index is 0.0365. The van der Waals surface area contributed by atoms with Crippen LogP contribution < -0.4 is 10.1 Å². The minimum atomic E-state index is -0.0365. The first-order valence-corrected chi connectivity index (χ1v) is 10.7. The van der Waals surface area contributed by atoms with E-state index in [1.54, 1.807) is 7.11 Å².